The molecule has 0 saturated heterocycles. The van der Waals surface area contributed by atoms with Crippen molar-refractivity contribution in [2.45, 2.75) is 19.9 Å². The molecular formula is C17H14F6NO5P. The van der Waals surface area contributed by atoms with Gasteiger partial charge in [0.25, 0.3) is 0 Å². The molecule has 2 aromatic rings. The molecule has 2 rings (SSSR count). The van der Waals surface area contributed by atoms with Crippen LogP contribution in [0.2, 0.25) is 0 Å². The second kappa shape index (κ2) is 9.40. The van der Waals surface area contributed by atoms with E-state index in [1.54, 1.807) is 0 Å². The third kappa shape index (κ3) is 5.25. The van der Waals surface area contributed by atoms with Gasteiger partial charge >= 0.3 is 13.7 Å². The van der Waals surface area contributed by atoms with Gasteiger partial charge in [0.2, 0.25) is 34.8 Å². The highest BCUT2D eigenvalue weighted by Gasteiger charge is 2.38. The summed E-state index contributed by atoms with van der Waals surface area (Å²) in [5.41, 5.74) is 0. The minimum Gasteiger partial charge on any atom is -0.465 e. The molecule has 0 aliphatic carbocycles. The number of hydrogen-bond donors (Lipinski definition) is 1. The predicted octanol–water partition coefficient (Wildman–Crippen LogP) is 4.63. The molecule has 6 nitrogen and oxygen atoms in total. The number of carbonyl (C=O) groups excluding carboxylic acids is 1. The number of esters is 1. The van der Waals surface area contributed by atoms with Crippen LogP contribution >= 0.6 is 7.75 Å². The Hall–Kier alpha value is -2.72. The maximum Gasteiger partial charge on any atom is 0.513 e. The van der Waals surface area contributed by atoms with Crippen LogP contribution in [0.1, 0.15) is 13.8 Å². The number of carbonyl (C=O) groups is 1. The summed E-state index contributed by atoms with van der Waals surface area (Å²) >= 11 is 0. The van der Waals surface area contributed by atoms with E-state index in [0.29, 0.717) is 0 Å². The van der Waals surface area contributed by atoms with E-state index in [4.69, 9.17) is 4.52 Å². The minimum absolute atomic E-state index is 0.0769. The van der Waals surface area contributed by atoms with Gasteiger partial charge < -0.3 is 13.8 Å². The average Bonchev–Trinajstić information content (AvgIpc) is 2.70. The summed E-state index contributed by atoms with van der Waals surface area (Å²) < 4.78 is 108. The van der Waals surface area contributed by atoms with Gasteiger partial charge in [0, 0.05) is 0 Å². The lowest BCUT2D eigenvalue weighted by atomic mass is 10.3. The number of hydrogen-bond acceptors (Lipinski definition) is 5. The maximum absolute atomic E-state index is 13.9. The first-order chi connectivity index (χ1) is 14.0. The fourth-order valence-electron chi connectivity index (χ4n) is 2.05. The van der Waals surface area contributed by atoms with E-state index in [-0.39, 0.29) is 12.4 Å². The molecule has 0 saturated carbocycles. The van der Waals surface area contributed by atoms with Crippen LogP contribution in [0.5, 0.6) is 11.5 Å². The fourth-order valence-corrected chi connectivity index (χ4v) is 3.57. The van der Waals surface area contributed by atoms with E-state index < -0.39 is 60.4 Å². The van der Waals surface area contributed by atoms with Crippen LogP contribution in [-0.4, -0.2) is 18.6 Å². The molecule has 0 amide bonds. The highest BCUT2D eigenvalue weighted by atomic mass is 31.2. The molecule has 164 valence electrons. The molecule has 1 N–H and O–H groups in total. The largest absolute Gasteiger partial charge is 0.513 e. The van der Waals surface area contributed by atoms with Crippen molar-refractivity contribution >= 4 is 13.7 Å². The number of ether oxygens (including phenoxy) is 1. The fraction of sp³-hybridized carbons (Fsp3) is 0.235. The highest BCUT2D eigenvalue weighted by Crippen LogP contribution is 2.47. The van der Waals surface area contributed by atoms with E-state index >= 15 is 0 Å². The summed E-state index contributed by atoms with van der Waals surface area (Å²) in [6.45, 7) is 2.50. The van der Waals surface area contributed by atoms with Gasteiger partial charge in [-0.3, -0.25) is 4.79 Å². The van der Waals surface area contributed by atoms with Crippen LogP contribution in [0.15, 0.2) is 24.3 Å². The molecular weight excluding hydrogens is 443 g/mol. The molecule has 0 radical (unpaired) electrons. The molecule has 0 aliphatic rings. The summed E-state index contributed by atoms with van der Waals surface area (Å²) in [5.74, 6) is -16.0. The van der Waals surface area contributed by atoms with Crippen LogP contribution in [0.3, 0.4) is 0 Å². The predicted molar refractivity (Wildman–Crippen MR) is 90.7 cm³/mol. The first kappa shape index (κ1) is 23.6. The molecule has 0 aliphatic heterocycles. The Bertz CT molecular complexity index is 959. The van der Waals surface area contributed by atoms with Gasteiger partial charge in [-0.25, -0.2) is 22.1 Å². The van der Waals surface area contributed by atoms with E-state index in [2.05, 4.69) is 9.26 Å². The van der Waals surface area contributed by atoms with Gasteiger partial charge in [0.1, 0.15) is 17.6 Å². The molecule has 2 aromatic carbocycles. The number of benzene rings is 2. The first-order valence-corrected chi connectivity index (χ1v) is 9.74. The maximum atomic E-state index is 13.9. The lowest BCUT2D eigenvalue weighted by Crippen LogP contribution is -2.36. The minimum atomic E-state index is -5.03. The standard InChI is InChI=1S/C17H14F6NO5P/c1-3-27-17(25)8(2)24-30(26,28-10-6-4-9(18)5-7-10)29-16-14(22)12(20)11(19)13(21)15(16)23/h4-8H,3H2,1-2H3,(H,24,26)/t8-,30-/m0/s1. The van der Waals surface area contributed by atoms with Crippen molar-refractivity contribution in [3.63, 3.8) is 0 Å². The number of rotatable bonds is 8. The summed E-state index contributed by atoms with van der Waals surface area (Å²) in [7, 11) is -5.03. The van der Waals surface area contributed by atoms with Gasteiger partial charge in [0.05, 0.1) is 6.61 Å². The Labute approximate surface area is 166 Å². The number of nitrogens with one attached hydrogen (secondary N) is 1. The third-order valence-corrected chi connectivity index (χ3v) is 4.99. The first-order valence-electron chi connectivity index (χ1n) is 8.19. The Kier molecular flexibility index (Phi) is 7.38. The van der Waals surface area contributed by atoms with Crippen LogP contribution in [-0.2, 0) is 14.1 Å². The lowest BCUT2D eigenvalue weighted by molar-refractivity contribution is -0.144. The Morgan fingerprint density at radius 2 is 1.43 bits per heavy atom. The summed E-state index contributed by atoms with van der Waals surface area (Å²) in [5, 5.41) is 1.97. The van der Waals surface area contributed by atoms with E-state index in [1.807, 2.05) is 5.09 Å². The topological polar surface area (TPSA) is 73.9 Å². The SMILES string of the molecule is CCOC(=O)[C@H](C)N[P@](=O)(Oc1ccc(F)cc1)Oc1c(F)c(F)c(F)c(F)c1F. The van der Waals surface area contributed by atoms with E-state index in [9.17, 15) is 35.7 Å². The molecule has 2 atom stereocenters. The Balaban J connectivity index is 2.47. The second-order valence-corrected chi connectivity index (χ2v) is 7.25. The zero-order valence-electron chi connectivity index (χ0n) is 15.4. The van der Waals surface area contributed by atoms with E-state index in [0.717, 1.165) is 31.2 Å². The molecule has 13 heteroatoms. The van der Waals surface area contributed by atoms with Crippen molar-refractivity contribution in [2.24, 2.45) is 0 Å². The second-order valence-electron chi connectivity index (χ2n) is 5.64. The molecule has 0 spiro atoms. The van der Waals surface area contributed by atoms with Gasteiger partial charge in [0.15, 0.2) is 0 Å². The van der Waals surface area contributed by atoms with Crippen molar-refractivity contribution in [2.75, 3.05) is 6.61 Å². The molecule has 0 heterocycles. The van der Waals surface area contributed by atoms with Gasteiger partial charge in [-0.05, 0) is 38.1 Å². The molecule has 0 bridgehead atoms. The molecule has 0 unspecified atom stereocenters. The van der Waals surface area contributed by atoms with Crippen molar-refractivity contribution in [3.8, 4) is 11.5 Å². The van der Waals surface area contributed by atoms with Gasteiger partial charge in [-0.2, -0.15) is 13.9 Å². The van der Waals surface area contributed by atoms with Crippen LogP contribution in [0, 0.1) is 34.9 Å². The highest BCUT2D eigenvalue weighted by molar-refractivity contribution is 7.52. The number of halogens is 6. The Morgan fingerprint density at radius 3 is 1.93 bits per heavy atom. The summed E-state index contributed by atoms with van der Waals surface area (Å²) in [6, 6.07) is 2.17. The van der Waals surface area contributed by atoms with Crippen molar-refractivity contribution in [1.29, 1.82) is 0 Å². The van der Waals surface area contributed by atoms with E-state index in [1.165, 1.54) is 6.92 Å². The Morgan fingerprint density at radius 1 is 0.933 bits per heavy atom. The summed E-state index contributed by atoms with van der Waals surface area (Å²) in [6.07, 6.45) is 0. The lowest BCUT2D eigenvalue weighted by Gasteiger charge is -2.23. The van der Waals surface area contributed by atoms with Crippen molar-refractivity contribution < 1.29 is 49.5 Å². The average molecular weight is 457 g/mol. The molecule has 30 heavy (non-hydrogen) atoms. The van der Waals surface area contributed by atoms with Crippen molar-refractivity contribution in [1.82, 2.24) is 5.09 Å². The normalized spacial score (nSPS) is 14.0. The van der Waals surface area contributed by atoms with Gasteiger partial charge in [-0.1, -0.05) is 0 Å². The monoisotopic (exact) mass is 457 g/mol. The quantitative estimate of drug-likeness (QED) is 0.205. The summed E-state index contributed by atoms with van der Waals surface area (Å²) in [4.78, 5) is 11.8. The van der Waals surface area contributed by atoms with Gasteiger partial charge in [-0.15, -0.1) is 0 Å². The molecule has 0 aromatic heterocycles. The van der Waals surface area contributed by atoms with Crippen LogP contribution < -0.4 is 14.1 Å². The zero-order chi connectivity index (χ0) is 22.6. The smallest absolute Gasteiger partial charge is 0.465 e. The van der Waals surface area contributed by atoms with Crippen LogP contribution in [0.4, 0.5) is 26.3 Å². The zero-order valence-corrected chi connectivity index (χ0v) is 16.2. The van der Waals surface area contributed by atoms with Crippen LogP contribution in [0.25, 0.3) is 0 Å². The third-order valence-electron chi connectivity index (χ3n) is 3.41. The molecule has 0 fully saturated rings. The van der Waals surface area contributed by atoms with Crippen molar-refractivity contribution in [3.05, 3.63) is 59.2 Å².